The minimum atomic E-state index is -0.319. The van der Waals surface area contributed by atoms with Crippen molar-refractivity contribution in [2.24, 2.45) is 0 Å². The first-order chi connectivity index (χ1) is 15.6. The van der Waals surface area contributed by atoms with Crippen LogP contribution in [0.5, 0.6) is 5.75 Å². The summed E-state index contributed by atoms with van der Waals surface area (Å²) in [5.41, 5.74) is 2.30. The molecule has 1 fully saturated rings. The lowest BCUT2D eigenvalue weighted by Gasteiger charge is -2.32. The number of amides is 1. The van der Waals surface area contributed by atoms with Gasteiger partial charge in [0.1, 0.15) is 23.2 Å². The number of likely N-dealkylation sites (tertiary alicyclic amines) is 1. The third-order valence-electron chi connectivity index (χ3n) is 5.67. The molecule has 166 valence electrons. The molecule has 7 heteroatoms. The van der Waals surface area contributed by atoms with Gasteiger partial charge < -0.3 is 15.0 Å². The maximum absolute atomic E-state index is 13.7. The van der Waals surface area contributed by atoms with Gasteiger partial charge in [-0.2, -0.15) is 0 Å². The Morgan fingerprint density at radius 2 is 2.00 bits per heavy atom. The summed E-state index contributed by atoms with van der Waals surface area (Å²) in [5.74, 6) is 1.92. The summed E-state index contributed by atoms with van der Waals surface area (Å²) in [6.07, 6.45) is 2.32. The first-order valence-electron chi connectivity index (χ1n) is 10.9. The number of benzene rings is 2. The molecule has 1 aliphatic rings. The van der Waals surface area contributed by atoms with Crippen molar-refractivity contribution < 1.29 is 13.9 Å². The number of methoxy groups -OCH3 is 1. The molecule has 1 N–H and O–H groups in total. The molecule has 1 aromatic heterocycles. The van der Waals surface area contributed by atoms with E-state index in [1.807, 2.05) is 42.2 Å². The number of carbonyl (C=O) groups excluding carboxylic acids is 1. The van der Waals surface area contributed by atoms with Crippen molar-refractivity contribution in [3.63, 3.8) is 0 Å². The summed E-state index contributed by atoms with van der Waals surface area (Å²) in [4.78, 5) is 23.8. The average Bonchev–Trinajstić information content (AvgIpc) is 2.83. The van der Waals surface area contributed by atoms with Crippen molar-refractivity contribution in [1.82, 2.24) is 14.9 Å². The van der Waals surface area contributed by atoms with Crippen LogP contribution in [0.3, 0.4) is 0 Å². The molecule has 1 amide bonds. The Morgan fingerprint density at radius 1 is 1.19 bits per heavy atom. The number of nitrogens with one attached hydrogen (secondary N) is 1. The summed E-state index contributed by atoms with van der Waals surface area (Å²) in [5, 5.41) is 3.21. The van der Waals surface area contributed by atoms with Crippen LogP contribution in [-0.4, -0.2) is 41.0 Å². The molecule has 0 aliphatic carbocycles. The number of carbonyl (C=O) groups is 1. The molecule has 0 saturated carbocycles. The molecule has 0 spiro atoms. The van der Waals surface area contributed by atoms with Crippen LogP contribution in [0.25, 0.3) is 11.3 Å². The summed E-state index contributed by atoms with van der Waals surface area (Å²) < 4.78 is 19.0. The molecule has 1 aliphatic heterocycles. The Morgan fingerprint density at radius 3 is 2.72 bits per heavy atom. The van der Waals surface area contributed by atoms with E-state index in [-0.39, 0.29) is 17.6 Å². The van der Waals surface area contributed by atoms with Gasteiger partial charge in [-0.25, -0.2) is 14.4 Å². The van der Waals surface area contributed by atoms with Gasteiger partial charge in [-0.05, 0) is 55.3 Å². The van der Waals surface area contributed by atoms with E-state index >= 15 is 0 Å². The van der Waals surface area contributed by atoms with Crippen LogP contribution in [0.4, 0.5) is 15.9 Å². The molecule has 0 radical (unpaired) electrons. The number of rotatable bonds is 6. The van der Waals surface area contributed by atoms with Crippen molar-refractivity contribution in [1.29, 1.82) is 0 Å². The van der Waals surface area contributed by atoms with Crippen molar-refractivity contribution in [3.8, 4) is 17.0 Å². The Kier molecular flexibility index (Phi) is 6.63. The highest BCUT2D eigenvalue weighted by Crippen LogP contribution is 2.30. The fourth-order valence-corrected chi connectivity index (χ4v) is 3.97. The Bertz CT molecular complexity index is 1090. The lowest BCUT2D eigenvalue weighted by Crippen LogP contribution is -2.39. The number of nitrogens with zero attached hydrogens (tertiary/aromatic N) is 3. The van der Waals surface area contributed by atoms with Crippen molar-refractivity contribution in [2.45, 2.75) is 32.1 Å². The Labute approximate surface area is 187 Å². The van der Waals surface area contributed by atoms with E-state index in [0.717, 1.165) is 36.4 Å². The van der Waals surface area contributed by atoms with Gasteiger partial charge in [-0.3, -0.25) is 4.79 Å². The van der Waals surface area contributed by atoms with Gasteiger partial charge in [0.25, 0.3) is 0 Å². The lowest BCUT2D eigenvalue weighted by molar-refractivity contribution is -0.132. The molecular weight excluding hydrogens is 407 g/mol. The van der Waals surface area contributed by atoms with Crippen LogP contribution >= 0.6 is 0 Å². The zero-order chi connectivity index (χ0) is 22.5. The minimum absolute atomic E-state index is 0.0468. The second-order valence-corrected chi connectivity index (χ2v) is 7.89. The van der Waals surface area contributed by atoms with Crippen molar-refractivity contribution in [3.05, 3.63) is 66.2 Å². The Balaban J connectivity index is 1.70. The van der Waals surface area contributed by atoms with Gasteiger partial charge in [-0.1, -0.05) is 13.0 Å². The molecule has 6 nitrogen and oxygen atoms in total. The van der Waals surface area contributed by atoms with Crippen molar-refractivity contribution in [2.75, 3.05) is 25.5 Å². The highest BCUT2D eigenvalue weighted by molar-refractivity contribution is 5.76. The number of piperidine rings is 1. The molecule has 1 saturated heterocycles. The maximum Gasteiger partial charge on any atom is 0.222 e. The van der Waals surface area contributed by atoms with E-state index in [4.69, 9.17) is 14.7 Å². The zero-order valence-corrected chi connectivity index (χ0v) is 18.3. The molecule has 2 heterocycles. The second kappa shape index (κ2) is 9.77. The standard InChI is InChI=1S/C25H27FN4O2/c1-3-24(31)30-13-5-6-18(16-30)25-28-22(17-9-11-21(32-2)12-10-17)15-23(29-25)27-20-8-4-7-19(26)14-20/h4,7-12,14-15,18H,3,5-6,13,16H2,1-2H3,(H,27,28,29). The van der Waals surface area contributed by atoms with Crippen LogP contribution in [-0.2, 0) is 4.79 Å². The average molecular weight is 435 g/mol. The van der Waals surface area contributed by atoms with Crippen LogP contribution in [0.15, 0.2) is 54.6 Å². The van der Waals surface area contributed by atoms with Crippen LogP contribution in [0, 0.1) is 5.82 Å². The predicted molar refractivity (Wildman–Crippen MR) is 123 cm³/mol. The molecule has 32 heavy (non-hydrogen) atoms. The molecule has 3 aromatic rings. The summed E-state index contributed by atoms with van der Waals surface area (Å²) in [6.45, 7) is 3.27. The van der Waals surface area contributed by atoms with Crippen LogP contribution < -0.4 is 10.1 Å². The van der Waals surface area contributed by atoms with Crippen LogP contribution in [0.1, 0.15) is 37.9 Å². The third-order valence-corrected chi connectivity index (χ3v) is 5.67. The fraction of sp³-hybridized carbons (Fsp3) is 0.320. The largest absolute Gasteiger partial charge is 0.497 e. The maximum atomic E-state index is 13.7. The van der Waals surface area contributed by atoms with Crippen LogP contribution in [0.2, 0.25) is 0 Å². The number of hydrogen-bond donors (Lipinski definition) is 1. The number of aromatic nitrogens is 2. The van der Waals surface area contributed by atoms with Gasteiger partial charge in [-0.15, -0.1) is 0 Å². The quantitative estimate of drug-likeness (QED) is 0.581. The van der Waals surface area contributed by atoms with E-state index in [1.54, 1.807) is 19.2 Å². The summed E-state index contributed by atoms with van der Waals surface area (Å²) in [7, 11) is 1.63. The highest BCUT2D eigenvalue weighted by atomic mass is 19.1. The third kappa shape index (κ3) is 5.04. The second-order valence-electron chi connectivity index (χ2n) is 7.89. The normalized spacial score (nSPS) is 16.0. The molecule has 1 unspecified atom stereocenters. The number of anilines is 2. The molecule has 0 bridgehead atoms. The number of halogens is 1. The minimum Gasteiger partial charge on any atom is -0.497 e. The topological polar surface area (TPSA) is 67.4 Å². The van der Waals surface area contributed by atoms with Gasteiger partial charge in [0.2, 0.25) is 5.91 Å². The molecule has 2 aromatic carbocycles. The van der Waals surface area contributed by atoms with Gasteiger partial charge in [0, 0.05) is 42.7 Å². The summed E-state index contributed by atoms with van der Waals surface area (Å²) in [6, 6.07) is 15.8. The smallest absolute Gasteiger partial charge is 0.222 e. The highest BCUT2D eigenvalue weighted by Gasteiger charge is 2.26. The van der Waals surface area contributed by atoms with E-state index in [1.165, 1.54) is 12.1 Å². The SMILES string of the molecule is CCC(=O)N1CCCC(c2nc(Nc3cccc(F)c3)cc(-c3ccc(OC)cc3)n2)C1. The first kappa shape index (κ1) is 21.7. The van der Waals surface area contributed by atoms with E-state index in [2.05, 4.69) is 5.32 Å². The van der Waals surface area contributed by atoms with E-state index < -0.39 is 0 Å². The summed E-state index contributed by atoms with van der Waals surface area (Å²) >= 11 is 0. The van der Waals surface area contributed by atoms with Gasteiger partial charge >= 0.3 is 0 Å². The first-order valence-corrected chi connectivity index (χ1v) is 10.9. The Hall–Kier alpha value is -3.48. The van der Waals surface area contributed by atoms with Gasteiger partial charge in [0.15, 0.2) is 0 Å². The van der Waals surface area contributed by atoms with Crippen molar-refractivity contribution >= 4 is 17.4 Å². The lowest BCUT2D eigenvalue weighted by atomic mass is 9.96. The zero-order valence-electron chi connectivity index (χ0n) is 18.3. The molecule has 1 atom stereocenters. The number of hydrogen-bond acceptors (Lipinski definition) is 5. The predicted octanol–water partition coefficient (Wildman–Crippen LogP) is 5.15. The molecule has 4 rings (SSSR count). The monoisotopic (exact) mass is 434 g/mol. The van der Waals surface area contributed by atoms with Gasteiger partial charge in [0.05, 0.1) is 12.8 Å². The fourth-order valence-electron chi connectivity index (χ4n) is 3.97. The van der Waals surface area contributed by atoms with E-state index in [0.29, 0.717) is 30.3 Å². The van der Waals surface area contributed by atoms with E-state index in [9.17, 15) is 9.18 Å². The molecular formula is C25H27FN4O2. The number of ether oxygens (including phenoxy) is 1.